The second-order valence-electron chi connectivity index (χ2n) is 2.79. The third-order valence-electron chi connectivity index (χ3n) is 1.87. The van der Waals surface area contributed by atoms with Crippen LogP contribution in [0.3, 0.4) is 0 Å². The van der Waals surface area contributed by atoms with Gasteiger partial charge in [-0.1, -0.05) is 0 Å². The van der Waals surface area contributed by atoms with Crippen LogP contribution >= 0.6 is 11.3 Å². The van der Waals surface area contributed by atoms with Gasteiger partial charge in [-0.15, -0.1) is 11.3 Å². The van der Waals surface area contributed by atoms with Crippen LogP contribution in [-0.4, -0.2) is 4.98 Å². The summed E-state index contributed by atoms with van der Waals surface area (Å²) in [5.74, 6) is 0. The Balaban J connectivity index is 2.78. The van der Waals surface area contributed by atoms with Crippen molar-refractivity contribution in [2.24, 2.45) is 0 Å². The average Bonchev–Trinajstić information content (AvgIpc) is 2.41. The molecule has 0 aliphatic rings. The number of aryl methyl sites for hydroxylation is 1. The molecule has 5 heteroatoms. The van der Waals surface area contributed by atoms with E-state index in [0.717, 1.165) is 11.3 Å². The van der Waals surface area contributed by atoms with Crippen molar-refractivity contribution >= 4 is 21.6 Å². The van der Waals surface area contributed by atoms with Crippen molar-refractivity contribution < 1.29 is 13.2 Å². The Morgan fingerprint density at radius 3 is 2.69 bits per heavy atom. The molecule has 0 radical (unpaired) electrons. The van der Waals surface area contributed by atoms with Crippen LogP contribution in [0.4, 0.5) is 13.2 Å². The molecular formula is C8H6F3NS. The van der Waals surface area contributed by atoms with E-state index in [2.05, 4.69) is 4.98 Å². The summed E-state index contributed by atoms with van der Waals surface area (Å²) in [6, 6.07) is 1.66. The topological polar surface area (TPSA) is 15.8 Å². The predicted octanol–water partition coefficient (Wildman–Crippen LogP) is 3.56. The van der Waals surface area contributed by atoms with Crippen molar-refractivity contribution in [3.05, 3.63) is 22.7 Å². The molecule has 0 fully saturated rings. The van der Waals surface area contributed by atoms with Crippen molar-refractivity contribution in [2.45, 2.75) is 13.1 Å². The number of hydrogen-bond acceptors (Lipinski definition) is 1. The maximum Gasteiger partial charge on any atom is 0.419 e. The van der Waals surface area contributed by atoms with Gasteiger partial charge in [0.1, 0.15) is 0 Å². The van der Waals surface area contributed by atoms with Crippen LogP contribution in [0, 0.1) is 6.92 Å². The smallest absolute Gasteiger partial charge is 0.357 e. The van der Waals surface area contributed by atoms with Crippen molar-refractivity contribution in [3.8, 4) is 0 Å². The molecule has 13 heavy (non-hydrogen) atoms. The molecule has 0 bridgehead atoms. The number of hydrogen-bond donors (Lipinski definition) is 1. The number of alkyl halides is 3. The maximum atomic E-state index is 12.5. The molecule has 0 unspecified atom stereocenters. The third kappa shape index (κ3) is 1.23. The van der Waals surface area contributed by atoms with Gasteiger partial charge in [-0.25, -0.2) is 0 Å². The fourth-order valence-electron chi connectivity index (χ4n) is 1.38. The standard InChI is InChI=1S/C8H6F3NS/c1-4-6(8(9,10)11)7-5(12-4)2-3-13-7/h2-3,12H,1H3. The van der Waals surface area contributed by atoms with E-state index < -0.39 is 11.7 Å². The first kappa shape index (κ1) is 8.62. The molecule has 0 aliphatic heterocycles. The Hall–Kier alpha value is -0.970. The zero-order chi connectivity index (χ0) is 9.64. The molecule has 2 rings (SSSR count). The summed E-state index contributed by atoms with van der Waals surface area (Å²) in [5.41, 5.74) is 0.224. The summed E-state index contributed by atoms with van der Waals surface area (Å²) in [6.07, 6.45) is -4.26. The molecule has 2 heterocycles. The summed E-state index contributed by atoms with van der Waals surface area (Å²) in [7, 11) is 0. The van der Waals surface area contributed by atoms with E-state index in [4.69, 9.17) is 0 Å². The van der Waals surface area contributed by atoms with Gasteiger partial charge in [-0.3, -0.25) is 0 Å². The van der Waals surface area contributed by atoms with Crippen molar-refractivity contribution in [3.63, 3.8) is 0 Å². The zero-order valence-corrected chi connectivity index (χ0v) is 7.51. The lowest BCUT2D eigenvalue weighted by Gasteiger charge is -2.04. The highest BCUT2D eigenvalue weighted by atomic mass is 32.1. The molecule has 2 aromatic heterocycles. The summed E-state index contributed by atoms with van der Waals surface area (Å²) in [5, 5.41) is 1.65. The number of H-pyrrole nitrogens is 1. The molecule has 70 valence electrons. The van der Waals surface area contributed by atoms with E-state index in [9.17, 15) is 13.2 Å². The molecule has 2 aromatic rings. The van der Waals surface area contributed by atoms with E-state index in [1.54, 1.807) is 11.4 Å². The van der Waals surface area contributed by atoms with Crippen LogP contribution in [0.5, 0.6) is 0 Å². The molecule has 0 atom stereocenters. The Kier molecular flexibility index (Phi) is 1.66. The molecule has 0 aliphatic carbocycles. The molecular weight excluding hydrogens is 199 g/mol. The second-order valence-corrected chi connectivity index (χ2v) is 3.70. The van der Waals surface area contributed by atoms with Gasteiger partial charge in [0, 0.05) is 5.69 Å². The summed E-state index contributed by atoms with van der Waals surface area (Å²) in [4.78, 5) is 2.70. The van der Waals surface area contributed by atoms with Gasteiger partial charge in [0.05, 0.1) is 15.8 Å². The first-order valence-electron chi connectivity index (χ1n) is 3.63. The number of thiophene rings is 1. The average molecular weight is 205 g/mol. The fourth-order valence-corrected chi connectivity index (χ4v) is 2.35. The molecule has 1 N–H and O–H groups in total. The van der Waals surface area contributed by atoms with Crippen LogP contribution in [0.15, 0.2) is 11.4 Å². The number of rotatable bonds is 0. The van der Waals surface area contributed by atoms with Crippen LogP contribution in [0.2, 0.25) is 0 Å². The quantitative estimate of drug-likeness (QED) is 0.676. The van der Waals surface area contributed by atoms with Gasteiger partial charge in [0.25, 0.3) is 0 Å². The van der Waals surface area contributed by atoms with Crippen LogP contribution < -0.4 is 0 Å². The van der Waals surface area contributed by atoms with Gasteiger partial charge < -0.3 is 4.98 Å². The number of fused-ring (bicyclic) bond motifs is 1. The number of aromatic amines is 1. The lowest BCUT2D eigenvalue weighted by molar-refractivity contribution is -0.136. The highest BCUT2D eigenvalue weighted by molar-refractivity contribution is 7.17. The largest absolute Gasteiger partial charge is 0.419 e. The summed E-state index contributed by atoms with van der Waals surface area (Å²) in [6.45, 7) is 1.44. The minimum absolute atomic E-state index is 0.189. The van der Waals surface area contributed by atoms with Crippen molar-refractivity contribution in [1.82, 2.24) is 4.98 Å². The summed E-state index contributed by atoms with van der Waals surface area (Å²) < 4.78 is 37.7. The first-order chi connectivity index (χ1) is 6.00. The fraction of sp³-hybridized carbons (Fsp3) is 0.250. The van der Waals surface area contributed by atoms with Gasteiger partial charge in [0.15, 0.2) is 0 Å². The first-order valence-corrected chi connectivity index (χ1v) is 4.51. The normalized spacial score (nSPS) is 12.6. The highest BCUT2D eigenvalue weighted by Gasteiger charge is 2.36. The summed E-state index contributed by atoms with van der Waals surface area (Å²) >= 11 is 1.11. The lowest BCUT2D eigenvalue weighted by atomic mass is 10.2. The molecule has 0 saturated heterocycles. The van der Waals surface area contributed by atoms with Crippen LogP contribution in [0.25, 0.3) is 10.2 Å². The minimum atomic E-state index is -4.26. The van der Waals surface area contributed by atoms with Crippen molar-refractivity contribution in [1.29, 1.82) is 0 Å². The molecule has 0 amide bonds. The Bertz CT molecular complexity index is 438. The third-order valence-corrected chi connectivity index (χ3v) is 2.80. The molecule has 0 spiro atoms. The minimum Gasteiger partial charge on any atom is -0.357 e. The van der Waals surface area contributed by atoms with Crippen LogP contribution in [-0.2, 0) is 6.18 Å². The van der Waals surface area contributed by atoms with Gasteiger partial charge in [-0.05, 0) is 18.4 Å². The number of halogens is 3. The van der Waals surface area contributed by atoms with Crippen molar-refractivity contribution in [2.75, 3.05) is 0 Å². The SMILES string of the molecule is Cc1[nH]c2ccsc2c1C(F)(F)F. The van der Waals surface area contributed by atoms with E-state index in [0.29, 0.717) is 10.2 Å². The monoisotopic (exact) mass is 205 g/mol. The van der Waals surface area contributed by atoms with E-state index in [1.165, 1.54) is 6.92 Å². The highest BCUT2D eigenvalue weighted by Crippen LogP contribution is 2.39. The van der Waals surface area contributed by atoms with E-state index in [-0.39, 0.29) is 5.69 Å². The molecule has 0 saturated carbocycles. The van der Waals surface area contributed by atoms with Crippen LogP contribution in [0.1, 0.15) is 11.3 Å². The van der Waals surface area contributed by atoms with E-state index in [1.807, 2.05) is 0 Å². The van der Waals surface area contributed by atoms with Gasteiger partial charge in [-0.2, -0.15) is 13.2 Å². The number of aromatic nitrogens is 1. The van der Waals surface area contributed by atoms with E-state index >= 15 is 0 Å². The Labute approximate surface area is 76.2 Å². The Morgan fingerprint density at radius 2 is 2.08 bits per heavy atom. The zero-order valence-electron chi connectivity index (χ0n) is 6.70. The molecule has 0 aromatic carbocycles. The predicted molar refractivity (Wildman–Crippen MR) is 45.9 cm³/mol. The van der Waals surface area contributed by atoms with Gasteiger partial charge in [0.2, 0.25) is 0 Å². The van der Waals surface area contributed by atoms with Gasteiger partial charge >= 0.3 is 6.18 Å². The maximum absolute atomic E-state index is 12.5. The molecule has 1 nitrogen and oxygen atoms in total. The second kappa shape index (κ2) is 2.51. The number of nitrogens with one attached hydrogen (secondary N) is 1. The lowest BCUT2D eigenvalue weighted by Crippen LogP contribution is -2.05. The Morgan fingerprint density at radius 1 is 1.38 bits per heavy atom.